The molecule has 4 N–H and O–H groups in total. The zero-order valence-corrected chi connectivity index (χ0v) is 11.8. The van der Waals surface area contributed by atoms with Gasteiger partial charge in [-0.2, -0.15) is 0 Å². The number of rotatable bonds is 7. The number of nitrogens with one attached hydrogen (secondary N) is 2. The third-order valence-corrected chi connectivity index (χ3v) is 2.67. The Morgan fingerprint density at radius 3 is 2.56 bits per heavy atom. The molecule has 0 aliphatic rings. The van der Waals surface area contributed by atoms with Crippen LogP contribution in [-0.2, 0) is 0 Å². The number of nitrogens with two attached hydrogens (primary N) is 1. The Kier molecular flexibility index (Phi) is 5.34. The van der Waals surface area contributed by atoms with E-state index in [1.807, 2.05) is 19.9 Å². The second-order valence-corrected chi connectivity index (χ2v) is 5.61. The summed E-state index contributed by atoms with van der Waals surface area (Å²) in [5.74, 6) is 2.33. The molecule has 0 unspecified atom stereocenters. The highest BCUT2D eigenvalue weighted by Gasteiger charge is 2.15. The van der Waals surface area contributed by atoms with Crippen LogP contribution in [0.3, 0.4) is 0 Å². The smallest absolute Gasteiger partial charge is 0.131 e. The van der Waals surface area contributed by atoms with Gasteiger partial charge in [-0.15, -0.1) is 0 Å². The Hall–Kier alpha value is -1.36. The Morgan fingerprint density at radius 1 is 1.28 bits per heavy atom. The lowest BCUT2D eigenvalue weighted by Crippen LogP contribution is -2.39. The molecule has 0 aliphatic heterocycles. The Bertz CT molecular complexity index is 362. The molecular weight excluding hydrogens is 226 g/mol. The molecule has 0 saturated carbocycles. The molecule has 0 fully saturated rings. The van der Waals surface area contributed by atoms with Gasteiger partial charge in [0.15, 0.2) is 0 Å². The van der Waals surface area contributed by atoms with Gasteiger partial charge in [-0.3, -0.25) is 0 Å². The van der Waals surface area contributed by atoms with E-state index in [0.717, 1.165) is 24.6 Å². The molecular formula is C13H25N5. The molecule has 5 heteroatoms. The maximum atomic E-state index is 5.68. The number of aromatic nitrogens is 2. The zero-order valence-electron chi connectivity index (χ0n) is 11.8. The number of anilines is 2. The second kappa shape index (κ2) is 6.54. The Balaban J connectivity index is 2.57. The highest BCUT2D eigenvalue weighted by molar-refractivity contribution is 5.47. The van der Waals surface area contributed by atoms with E-state index in [9.17, 15) is 0 Å². The second-order valence-electron chi connectivity index (χ2n) is 5.61. The summed E-state index contributed by atoms with van der Waals surface area (Å²) in [7, 11) is 0. The number of hydrogen-bond acceptors (Lipinski definition) is 5. The van der Waals surface area contributed by atoms with Crippen LogP contribution in [0, 0.1) is 5.92 Å². The van der Waals surface area contributed by atoms with Gasteiger partial charge < -0.3 is 16.4 Å². The standard InChI is InChI=1S/C13H25N5/c1-10(2)5-6-15-11-7-12(17-9-16-11)18-13(3,4)8-14/h7,9-10H,5-6,8,14H2,1-4H3,(H2,15,16,17,18). The van der Waals surface area contributed by atoms with Crippen LogP contribution in [-0.4, -0.2) is 28.6 Å². The van der Waals surface area contributed by atoms with Gasteiger partial charge in [-0.1, -0.05) is 13.8 Å². The maximum Gasteiger partial charge on any atom is 0.131 e. The van der Waals surface area contributed by atoms with Crippen molar-refractivity contribution < 1.29 is 0 Å². The van der Waals surface area contributed by atoms with Crippen LogP contribution in [0.5, 0.6) is 0 Å². The van der Waals surface area contributed by atoms with E-state index in [-0.39, 0.29) is 5.54 Å². The molecule has 1 aromatic rings. The molecule has 1 rings (SSSR count). The van der Waals surface area contributed by atoms with E-state index >= 15 is 0 Å². The maximum absolute atomic E-state index is 5.68. The van der Waals surface area contributed by atoms with E-state index in [1.165, 1.54) is 0 Å². The minimum absolute atomic E-state index is 0.163. The van der Waals surface area contributed by atoms with Gasteiger partial charge in [0.25, 0.3) is 0 Å². The van der Waals surface area contributed by atoms with Gasteiger partial charge >= 0.3 is 0 Å². The summed E-state index contributed by atoms with van der Waals surface area (Å²) in [4.78, 5) is 8.40. The van der Waals surface area contributed by atoms with E-state index in [2.05, 4.69) is 34.4 Å². The SMILES string of the molecule is CC(C)CCNc1cc(NC(C)(C)CN)ncn1. The molecule has 0 saturated heterocycles. The van der Waals surface area contributed by atoms with Crippen LogP contribution in [0.15, 0.2) is 12.4 Å². The third-order valence-electron chi connectivity index (χ3n) is 2.67. The Labute approximate surface area is 110 Å². The average Bonchev–Trinajstić information content (AvgIpc) is 2.28. The Morgan fingerprint density at radius 2 is 1.94 bits per heavy atom. The van der Waals surface area contributed by atoms with Crippen LogP contribution < -0.4 is 16.4 Å². The fraction of sp³-hybridized carbons (Fsp3) is 0.692. The molecule has 1 aromatic heterocycles. The zero-order chi connectivity index (χ0) is 13.6. The van der Waals surface area contributed by atoms with Gasteiger partial charge in [0.1, 0.15) is 18.0 Å². The average molecular weight is 251 g/mol. The molecule has 0 radical (unpaired) electrons. The summed E-state index contributed by atoms with van der Waals surface area (Å²) < 4.78 is 0. The fourth-order valence-electron chi connectivity index (χ4n) is 1.41. The van der Waals surface area contributed by atoms with Crippen molar-refractivity contribution in [2.24, 2.45) is 11.7 Å². The van der Waals surface area contributed by atoms with Crippen LogP contribution in [0.2, 0.25) is 0 Å². The first-order chi connectivity index (χ1) is 8.43. The van der Waals surface area contributed by atoms with Crippen LogP contribution in [0.1, 0.15) is 34.1 Å². The molecule has 0 amide bonds. The highest BCUT2D eigenvalue weighted by atomic mass is 15.1. The summed E-state index contributed by atoms with van der Waals surface area (Å²) in [6, 6.07) is 1.91. The van der Waals surface area contributed by atoms with Crippen molar-refractivity contribution >= 4 is 11.6 Å². The van der Waals surface area contributed by atoms with Gasteiger partial charge in [-0.05, 0) is 26.2 Å². The highest BCUT2D eigenvalue weighted by Crippen LogP contribution is 2.14. The van der Waals surface area contributed by atoms with Crippen molar-refractivity contribution in [3.8, 4) is 0 Å². The van der Waals surface area contributed by atoms with Gasteiger partial charge in [0.2, 0.25) is 0 Å². The van der Waals surface area contributed by atoms with Gasteiger partial charge in [0.05, 0.1) is 0 Å². The fourth-order valence-corrected chi connectivity index (χ4v) is 1.41. The summed E-state index contributed by atoms with van der Waals surface area (Å²) in [6.07, 6.45) is 2.69. The van der Waals surface area contributed by atoms with E-state index in [4.69, 9.17) is 5.73 Å². The van der Waals surface area contributed by atoms with Crippen molar-refractivity contribution in [1.29, 1.82) is 0 Å². The quantitative estimate of drug-likeness (QED) is 0.692. The summed E-state index contributed by atoms with van der Waals surface area (Å²) in [5, 5.41) is 6.59. The molecule has 0 aromatic carbocycles. The van der Waals surface area contributed by atoms with E-state index in [0.29, 0.717) is 12.5 Å². The van der Waals surface area contributed by atoms with Crippen molar-refractivity contribution in [2.45, 2.75) is 39.7 Å². The lowest BCUT2D eigenvalue weighted by Gasteiger charge is -2.24. The molecule has 1 heterocycles. The van der Waals surface area contributed by atoms with Crippen LogP contribution in [0.25, 0.3) is 0 Å². The third kappa shape index (κ3) is 5.31. The monoisotopic (exact) mass is 251 g/mol. The molecule has 0 atom stereocenters. The summed E-state index contributed by atoms with van der Waals surface area (Å²) >= 11 is 0. The molecule has 0 spiro atoms. The lowest BCUT2D eigenvalue weighted by molar-refractivity contribution is 0.577. The topological polar surface area (TPSA) is 75.9 Å². The number of nitrogens with zero attached hydrogens (tertiary/aromatic N) is 2. The summed E-state index contributed by atoms with van der Waals surface area (Å²) in [6.45, 7) is 9.97. The minimum Gasteiger partial charge on any atom is -0.370 e. The minimum atomic E-state index is -0.163. The molecule has 0 bridgehead atoms. The predicted molar refractivity (Wildman–Crippen MR) is 76.7 cm³/mol. The first kappa shape index (κ1) is 14.7. The first-order valence-corrected chi connectivity index (χ1v) is 6.47. The molecule has 18 heavy (non-hydrogen) atoms. The number of hydrogen-bond donors (Lipinski definition) is 3. The normalized spacial score (nSPS) is 11.7. The van der Waals surface area contributed by atoms with Crippen LogP contribution in [0.4, 0.5) is 11.6 Å². The molecule has 5 nitrogen and oxygen atoms in total. The van der Waals surface area contributed by atoms with Gasteiger partial charge in [-0.25, -0.2) is 9.97 Å². The van der Waals surface area contributed by atoms with E-state index < -0.39 is 0 Å². The molecule has 102 valence electrons. The first-order valence-electron chi connectivity index (χ1n) is 6.47. The lowest BCUT2D eigenvalue weighted by atomic mass is 10.1. The van der Waals surface area contributed by atoms with E-state index in [1.54, 1.807) is 6.33 Å². The predicted octanol–water partition coefficient (Wildman–Crippen LogP) is 2.08. The van der Waals surface area contributed by atoms with Crippen molar-refractivity contribution in [1.82, 2.24) is 9.97 Å². The van der Waals surface area contributed by atoms with Gasteiger partial charge in [0, 0.05) is 24.7 Å². The molecule has 0 aliphatic carbocycles. The van der Waals surface area contributed by atoms with Crippen molar-refractivity contribution in [2.75, 3.05) is 23.7 Å². The summed E-state index contributed by atoms with van der Waals surface area (Å²) in [5.41, 5.74) is 5.52. The van der Waals surface area contributed by atoms with Crippen molar-refractivity contribution in [3.63, 3.8) is 0 Å². The largest absolute Gasteiger partial charge is 0.370 e. The van der Waals surface area contributed by atoms with Crippen LogP contribution >= 0.6 is 0 Å². The van der Waals surface area contributed by atoms with Crippen molar-refractivity contribution in [3.05, 3.63) is 12.4 Å².